The average Bonchev–Trinajstić information content (AvgIpc) is 2.43. The number of fused-ring (bicyclic) bond motifs is 1. The van der Waals surface area contributed by atoms with Crippen LogP contribution in [0.3, 0.4) is 0 Å². The molecule has 0 radical (unpaired) electrons. The van der Waals surface area contributed by atoms with Crippen LogP contribution in [0.15, 0.2) is 0 Å². The molecule has 0 bridgehead atoms. The second kappa shape index (κ2) is 3.14. The highest BCUT2D eigenvalue weighted by Gasteiger charge is 2.23. The third kappa shape index (κ3) is 1.27. The van der Waals surface area contributed by atoms with E-state index in [-0.39, 0.29) is 0 Å². The Kier molecular flexibility index (Phi) is 2.12. The maximum atomic E-state index is 5.76. The minimum Gasteiger partial charge on any atom is -0.332 e. The van der Waals surface area contributed by atoms with Crippen molar-refractivity contribution in [1.29, 1.82) is 0 Å². The van der Waals surface area contributed by atoms with Gasteiger partial charge in [-0.1, -0.05) is 0 Å². The lowest BCUT2D eigenvalue weighted by Gasteiger charge is -2.24. The van der Waals surface area contributed by atoms with Gasteiger partial charge in [0.05, 0.1) is 5.69 Å². The number of rotatable bonds is 1. The van der Waals surface area contributed by atoms with Gasteiger partial charge in [0, 0.05) is 24.7 Å². The van der Waals surface area contributed by atoms with Crippen molar-refractivity contribution in [3.05, 3.63) is 17.2 Å². The van der Waals surface area contributed by atoms with E-state index in [9.17, 15) is 0 Å². The van der Waals surface area contributed by atoms with Crippen LogP contribution in [-0.2, 0) is 6.54 Å². The normalized spacial score (nSPS) is 21.6. The Labute approximate surface area is 79.0 Å². The van der Waals surface area contributed by atoms with E-state index in [0.717, 1.165) is 18.9 Å². The summed E-state index contributed by atoms with van der Waals surface area (Å²) in [5, 5.41) is 0. The molecule has 1 aliphatic rings. The molecule has 2 heterocycles. The van der Waals surface area contributed by atoms with Crippen molar-refractivity contribution in [1.82, 2.24) is 9.55 Å². The predicted octanol–water partition coefficient (Wildman–Crippen LogP) is 1.34. The summed E-state index contributed by atoms with van der Waals surface area (Å²) in [4.78, 5) is 4.50. The highest BCUT2D eigenvalue weighted by Crippen LogP contribution is 2.29. The summed E-state index contributed by atoms with van der Waals surface area (Å²) >= 11 is 0. The zero-order valence-corrected chi connectivity index (χ0v) is 8.38. The van der Waals surface area contributed by atoms with Crippen LogP contribution < -0.4 is 5.73 Å². The van der Waals surface area contributed by atoms with Crippen LogP contribution in [0.2, 0.25) is 0 Å². The van der Waals surface area contributed by atoms with E-state index in [1.54, 1.807) is 0 Å². The molecular formula is C10H17N3. The van der Waals surface area contributed by atoms with Crippen molar-refractivity contribution in [2.24, 2.45) is 5.73 Å². The number of aromatic nitrogens is 2. The number of nitrogens with two attached hydrogens (primary N) is 1. The molecule has 2 rings (SSSR count). The number of hydrogen-bond acceptors (Lipinski definition) is 2. The summed E-state index contributed by atoms with van der Waals surface area (Å²) in [5.41, 5.74) is 8.31. The molecule has 0 aromatic carbocycles. The van der Waals surface area contributed by atoms with Crippen LogP contribution >= 0.6 is 0 Å². The highest BCUT2D eigenvalue weighted by atomic mass is 15.1. The summed E-state index contributed by atoms with van der Waals surface area (Å²) in [5.74, 6) is 1.68. The molecule has 0 aliphatic carbocycles. The van der Waals surface area contributed by atoms with Gasteiger partial charge in [-0.05, 0) is 26.7 Å². The molecule has 1 unspecified atom stereocenters. The number of nitrogens with zero attached hydrogens (tertiary/aromatic N) is 2. The van der Waals surface area contributed by atoms with Crippen LogP contribution in [0.25, 0.3) is 0 Å². The Morgan fingerprint density at radius 2 is 2.31 bits per heavy atom. The molecule has 3 heteroatoms. The third-order valence-corrected chi connectivity index (χ3v) is 2.99. The van der Waals surface area contributed by atoms with Gasteiger partial charge in [-0.15, -0.1) is 0 Å². The molecule has 1 atom stereocenters. The molecule has 0 amide bonds. The van der Waals surface area contributed by atoms with Gasteiger partial charge >= 0.3 is 0 Å². The van der Waals surface area contributed by atoms with Gasteiger partial charge in [0.25, 0.3) is 0 Å². The number of aryl methyl sites for hydroxylation is 2. The molecule has 1 aromatic heterocycles. The second-order valence-electron chi connectivity index (χ2n) is 3.86. The molecule has 72 valence electrons. The van der Waals surface area contributed by atoms with E-state index in [4.69, 9.17) is 5.73 Å². The van der Waals surface area contributed by atoms with Crippen LogP contribution in [0, 0.1) is 13.8 Å². The first-order valence-electron chi connectivity index (χ1n) is 4.97. The van der Waals surface area contributed by atoms with Gasteiger partial charge in [0.15, 0.2) is 0 Å². The monoisotopic (exact) mass is 179 g/mol. The predicted molar refractivity (Wildman–Crippen MR) is 52.7 cm³/mol. The van der Waals surface area contributed by atoms with Gasteiger partial charge in [-0.25, -0.2) is 4.98 Å². The molecule has 1 aliphatic heterocycles. The number of imidazole rings is 1. The standard InChI is InChI=1S/C10H17N3/c1-7-10-9(6-11)4-3-5-13(10)8(2)12-7/h9H,3-6,11H2,1-2H3. The molecule has 0 saturated heterocycles. The van der Waals surface area contributed by atoms with Crippen LogP contribution in [0.4, 0.5) is 0 Å². The zero-order valence-electron chi connectivity index (χ0n) is 8.38. The fourth-order valence-electron chi connectivity index (χ4n) is 2.39. The number of hydrogen-bond donors (Lipinski definition) is 1. The second-order valence-corrected chi connectivity index (χ2v) is 3.86. The van der Waals surface area contributed by atoms with Gasteiger partial charge in [-0.3, -0.25) is 0 Å². The fraction of sp³-hybridized carbons (Fsp3) is 0.700. The SMILES string of the molecule is Cc1nc(C)n2c1C(CN)CCC2. The van der Waals surface area contributed by atoms with E-state index < -0.39 is 0 Å². The lowest BCUT2D eigenvalue weighted by Crippen LogP contribution is -2.22. The molecular weight excluding hydrogens is 162 g/mol. The first-order valence-corrected chi connectivity index (χ1v) is 4.97. The van der Waals surface area contributed by atoms with E-state index in [2.05, 4.69) is 23.4 Å². The lowest BCUT2D eigenvalue weighted by atomic mass is 9.95. The summed E-state index contributed by atoms with van der Waals surface area (Å²) < 4.78 is 2.33. The quantitative estimate of drug-likeness (QED) is 0.707. The van der Waals surface area contributed by atoms with Crippen LogP contribution in [0.1, 0.15) is 36.0 Å². The molecule has 1 aromatic rings. The Bertz CT molecular complexity index is 314. The van der Waals surface area contributed by atoms with E-state index in [1.807, 2.05) is 0 Å². The fourth-order valence-corrected chi connectivity index (χ4v) is 2.39. The first kappa shape index (κ1) is 8.75. The van der Waals surface area contributed by atoms with Crippen molar-refractivity contribution in [3.8, 4) is 0 Å². The molecule has 0 saturated carbocycles. The summed E-state index contributed by atoms with van der Waals surface area (Å²) in [6.07, 6.45) is 2.47. The van der Waals surface area contributed by atoms with Gasteiger partial charge < -0.3 is 10.3 Å². The van der Waals surface area contributed by atoms with Crippen molar-refractivity contribution in [2.45, 2.75) is 39.2 Å². The Morgan fingerprint density at radius 1 is 1.54 bits per heavy atom. The minimum absolute atomic E-state index is 0.537. The van der Waals surface area contributed by atoms with E-state index in [0.29, 0.717) is 5.92 Å². The third-order valence-electron chi connectivity index (χ3n) is 2.99. The maximum absolute atomic E-state index is 5.76. The Morgan fingerprint density at radius 3 is 3.00 bits per heavy atom. The molecule has 2 N–H and O–H groups in total. The van der Waals surface area contributed by atoms with Crippen molar-refractivity contribution < 1.29 is 0 Å². The topological polar surface area (TPSA) is 43.8 Å². The van der Waals surface area contributed by atoms with E-state index in [1.165, 1.54) is 24.2 Å². The molecule has 0 spiro atoms. The zero-order chi connectivity index (χ0) is 9.42. The minimum atomic E-state index is 0.537. The van der Waals surface area contributed by atoms with Gasteiger partial charge in [0.2, 0.25) is 0 Å². The highest BCUT2D eigenvalue weighted by molar-refractivity contribution is 5.22. The average molecular weight is 179 g/mol. The Balaban J connectivity index is 2.48. The molecule has 0 fully saturated rings. The van der Waals surface area contributed by atoms with E-state index >= 15 is 0 Å². The van der Waals surface area contributed by atoms with Crippen LogP contribution in [0.5, 0.6) is 0 Å². The first-order chi connectivity index (χ1) is 6.24. The smallest absolute Gasteiger partial charge is 0.106 e. The van der Waals surface area contributed by atoms with Gasteiger partial charge in [-0.2, -0.15) is 0 Å². The van der Waals surface area contributed by atoms with Crippen molar-refractivity contribution >= 4 is 0 Å². The largest absolute Gasteiger partial charge is 0.332 e. The maximum Gasteiger partial charge on any atom is 0.106 e. The Hall–Kier alpha value is -0.830. The lowest BCUT2D eigenvalue weighted by molar-refractivity contribution is 0.451. The summed E-state index contributed by atoms with van der Waals surface area (Å²) in [6.45, 7) is 6.05. The van der Waals surface area contributed by atoms with Gasteiger partial charge in [0.1, 0.15) is 5.82 Å². The van der Waals surface area contributed by atoms with Crippen molar-refractivity contribution in [3.63, 3.8) is 0 Å². The van der Waals surface area contributed by atoms with Crippen molar-refractivity contribution in [2.75, 3.05) is 6.54 Å². The molecule has 13 heavy (non-hydrogen) atoms. The summed E-state index contributed by atoms with van der Waals surface area (Å²) in [7, 11) is 0. The summed E-state index contributed by atoms with van der Waals surface area (Å²) in [6, 6.07) is 0. The molecule has 3 nitrogen and oxygen atoms in total. The van der Waals surface area contributed by atoms with Crippen LogP contribution in [-0.4, -0.2) is 16.1 Å².